The molecule has 0 saturated carbocycles. The highest BCUT2D eigenvalue weighted by atomic mass is 35.5. The summed E-state index contributed by atoms with van der Waals surface area (Å²) < 4.78 is 7.45. The fraction of sp³-hybridized carbons (Fsp3) is 0.467. The van der Waals surface area contributed by atoms with Gasteiger partial charge >= 0.3 is 0 Å². The zero-order valence-electron chi connectivity index (χ0n) is 11.8. The van der Waals surface area contributed by atoms with Crippen molar-refractivity contribution in [3.8, 4) is 6.07 Å². The van der Waals surface area contributed by atoms with Crippen molar-refractivity contribution in [2.24, 2.45) is 0 Å². The van der Waals surface area contributed by atoms with Crippen molar-refractivity contribution >= 4 is 22.6 Å². The number of hydrogen-bond acceptors (Lipinski definition) is 3. The second-order valence-corrected chi connectivity index (χ2v) is 5.01. The van der Waals surface area contributed by atoms with E-state index in [0.717, 1.165) is 29.7 Å². The number of hydrogen-bond donors (Lipinski definition) is 0. The second-order valence-electron chi connectivity index (χ2n) is 4.74. The topological polar surface area (TPSA) is 50.8 Å². The van der Waals surface area contributed by atoms with Crippen LogP contribution in [0.5, 0.6) is 0 Å². The second kappa shape index (κ2) is 6.74. The van der Waals surface area contributed by atoms with E-state index < -0.39 is 0 Å². The minimum atomic E-state index is 0.192. The Balaban J connectivity index is 2.60. The molecule has 0 aliphatic rings. The maximum absolute atomic E-state index is 9.07. The van der Waals surface area contributed by atoms with Crippen LogP contribution >= 0.6 is 11.6 Å². The Morgan fingerprint density at radius 1 is 1.50 bits per heavy atom. The third-order valence-electron chi connectivity index (χ3n) is 3.36. The van der Waals surface area contributed by atoms with E-state index >= 15 is 0 Å². The summed E-state index contributed by atoms with van der Waals surface area (Å²) in [5.41, 5.74) is 2.46. The van der Waals surface area contributed by atoms with Crippen molar-refractivity contribution in [2.45, 2.75) is 31.7 Å². The molecule has 106 valence electrons. The van der Waals surface area contributed by atoms with Gasteiger partial charge in [-0.15, -0.1) is 11.6 Å². The van der Waals surface area contributed by atoms with Crippen molar-refractivity contribution in [1.29, 1.82) is 5.26 Å². The number of imidazole rings is 1. The average molecular weight is 292 g/mol. The zero-order valence-corrected chi connectivity index (χ0v) is 12.5. The van der Waals surface area contributed by atoms with Crippen LogP contribution in [-0.2, 0) is 10.6 Å². The van der Waals surface area contributed by atoms with Crippen molar-refractivity contribution in [3.05, 3.63) is 29.6 Å². The molecule has 2 rings (SSSR count). The van der Waals surface area contributed by atoms with Gasteiger partial charge in [0.25, 0.3) is 0 Å². The molecular weight excluding hydrogens is 274 g/mol. The van der Waals surface area contributed by atoms with Gasteiger partial charge in [-0.1, -0.05) is 13.3 Å². The molecular formula is C15H18ClN3O. The smallest absolute Gasteiger partial charge is 0.125 e. The van der Waals surface area contributed by atoms with E-state index in [4.69, 9.17) is 21.6 Å². The summed E-state index contributed by atoms with van der Waals surface area (Å²) in [5, 5.41) is 9.07. The fourth-order valence-electron chi connectivity index (χ4n) is 2.53. The molecule has 1 unspecified atom stereocenters. The normalized spacial score (nSPS) is 12.5. The Morgan fingerprint density at radius 2 is 2.30 bits per heavy atom. The lowest BCUT2D eigenvalue weighted by molar-refractivity contribution is 0.151. The number of fused-ring (bicyclic) bond motifs is 1. The highest BCUT2D eigenvalue weighted by molar-refractivity contribution is 6.16. The van der Waals surface area contributed by atoms with E-state index in [1.165, 1.54) is 0 Å². The van der Waals surface area contributed by atoms with Gasteiger partial charge in [-0.25, -0.2) is 4.98 Å². The number of benzene rings is 1. The van der Waals surface area contributed by atoms with Crippen LogP contribution in [0.3, 0.4) is 0 Å². The molecule has 5 heteroatoms. The first-order valence-electron chi connectivity index (χ1n) is 6.71. The predicted octanol–water partition coefficient (Wildman–Crippen LogP) is 3.63. The minimum Gasteiger partial charge on any atom is -0.383 e. The number of halogens is 1. The first-order valence-corrected chi connectivity index (χ1v) is 7.24. The molecule has 20 heavy (non-hydrogen) atoms. The molecule has 0 aliphatic carbocycles. The molecule has 0 radical (unpaired) electrons. The van der Waals surface area contributed by atoms with Gasteiger partial charge in [-0.3, -0.25) is 0 Å². The van der Waals surface area contributed by atoms with Crippen molar-refractivity contribution in [1.82, 2.24) is 9.55 Å². The maximum atomic E-state index is 9.07. The van der Waals surface area contributed by atoms with Gasteiger partial charge in [0.15, 0.2) is 0 Å². The highest BCUT2D eigenvalue weighted by Gasteiger charge is 2.18. The van der Waals surface area contributed by atoms with Crippen LogP contribution < -0.4 is 0 Å². The molecule has 0 bridgehead atoms. The quantitative estimate of drug-likeness (QED) is 0.764. The molecule has 0 aliphatic heterocycles. The summed E-state index contributed by atoms with van der Waals surface area (Å²) in [4.78, 5) is 4.56. The molecule has 4 nitrogen and oxygen atoms in total. The number of nitrogens with zero attached hydrogens (tertiary/aromatic N) is 3. The van der Waals surface area contributed by atoms with Crippen LogP contribution in [0.2, 0.25) is 0 Å². The molecule has 1 aromatic carbocycles. The van der Waals surface area contributed by atoms with Crippen LogP contribution in [0.1, 0.15) is 37.2 Å². The molecule has 0 N–H and O–H groups in total. The molecule has 2 aromatic rings. The van der Waals surface area contributed by atoms with Gasteiger partial charge in [0.05, 0.1) is 41.2 Å². The van der Waals surface area contributed by atoms with E-state index in [1.807, 2.05) is 12.1 Å². The summed E-state index contributed by atoms with van der Waals surface area (Å²) >= 11 is 6.03. The number of rotatable bonds is 6. The van der Waals surface area contributed by atoms with Crippen LogP contribution in [0.4, 0.5) is 0 Å². The zero-order chi connectivity index (χ0) is 14.5. The summed E-state index contributed by atoms with van der Waals surface area (Å²) in [6.45, 7) is 2.75. The van der Waals surface area contributed by atoms with Gasteiger partial charge in [-0.05, 0) is 24.6 Å². The van der Waals surface area contributed by atoms with Gasteiger partial charge in [0, 0.05) is 7.11 Å². The predicted molar refractivity (Wildman–Crippen MR) is 79.8 cm³/mol. The third kappa shape index (κ3) is 2.79. The van der Waals surface area contributed by atoms with Crippen LogP contribution in [-0.4, -0.2) is 23.3 Å². The van der Waals surface area contributed by atoms with E-state index in [-0.39, 0.29) is 6.04 Å². The van der Waals surface area contributed by atoms with Gasteiger partial charge < -0.3 is 9.30 Å². The van der Waals surface area contributed by atoms with E-state index in [2.05, 4.69) is 22.5 Å². The third-order valence-corrected chi connectivity index (χ3v) is 3.60. The van der Waals surface area contributed by atoms with Crippen LogP contribution in [0.15, 0.2) is 18.2 Å². The Kier molecular flexibility index (Phi) is 4.99. The lowest BCUT2D eigenvalue weighted by atomic mass is 10.1. The molecule has 1 heterocycles. The Labute approximate surface area is 123 Å². The molecule has 0 fully saturated rings. The fourth-order valence-corrected chi connectivity index (χ4v) is 2.72. The first kappa shape index (κ1) is 14.8. The molecule has 1 aromatic heterocycles. The summed E-state index contributed by atoms with van der Waals surface area (Å²) in [7, 11) is 1.70. The lowest BCUT2D eigenvalue weighted by Gasteiger charge is -2.20. The number of methoxy groups -OCH3 is 1. The monoisotopic (exact) mass is 291 g/mol. The van der Waals surface area contributed by atoms with Crippen LogP contribution in [0, 0.1) is 11.3 Å². The van der Waals surface area contributed by atoms with Crippen molar-refractivity contribution < 1.29 is 4.74 Å². The number of alkyl halides is 1. The van der Waals surface area contributed by atoms with Crippen molar-refractivity contribution in [2.75, 3.05) is 13.7 Å². The Hall–Kier alpha value is -1.57. The summed E-state index contributed by atoms with van der Waals surface area (Å²) in [5.74, 6) is 1.17. The number of ether oxygens (including phenoxy) is 1. The maximum Gasteiger partial charge on any atom is 0.125 e. The molecule has 0 amide bonds. The Morgan fingerprint density at radius 3 is 2.90 bits per heavy atom. The average Bonchev–Trinajstić information content (AvgIpc) is 2.84. The summed E-state index contributed by atoms with van der Waals surface area (Å²) in [6.07, 6.45) is 2.04. The number of aromatic nitrogens is 2. The SMILES string of the molecule is CCCC(COC)n1c(CCl)nc2ccc(C#N)cc21. The number of nitriles is 1. The van der Waals surface area contributed by atoms with Gasteiger partial charge in [0.1, 0.15) is 5.82 Å². The largest absolute Gasteiger partial charge is 0.383 e. The molecule has 1 atom stereocenters. The van der Waals surface area contributed by atoms with E-state index in [1.54, 1.807) is 13.2 Å². The summed E-state index contributed by atoms with van der Waals surface area (Å²) in [6, 6.07) is 7.89. The highest BCUT2D eigenvalue weighted by Crippen LogP contribution is 2.26. The van der Waals surface area contributed by atoms with Crippen molar-refractivity contribution in [3.63, 3.8) is 0 Å². The van der Waals surface area contributed by atoms with E-state index in [0.29, 0.717) is 18.1 Å². The van der Waals surface area contributed by atoms with Gasteiger partial charge in [-0.2, -0.15) is 5.26 Å². The first-order chi connectivity index (χ1) is 9.74. The standard InChI is InChI=1S/C15H18ClN3O/c1-3-4-12(10-20-2)19-14-7-11(9-17)5-6-13(14)18-15(19)8-16/h5-7,12H,3-4,8,10H2,1-2H3. The molecule has 0 spiro atoms. The van der Waals surface area contributed by atoms with Crippen LogP contribution in [0.25, 0.3) is 11.0 Å². The molecule has 0 saturated heterocycles. The van der Waals surface area contributed by atoms with Gasteiger partial charge in [0.2, 0.25) is 0 Å². The minimum absolute atomic E-state index is 0.192. The lowest BCUT2D eigenvalue weighted by Crippen LogP contribution is -2.16. The Bertz CT molecular complexity index is 624. The van der Waals surface area contributed by atoms with E-state index in [9.17, 15) is 0 Å².